The van der Waals surface area contributed by atoms with Crippen LogP contribution in [0.4, 0.5) is 0 Å². The van der Waals surface area contributed by atoms with E-state index in [4.69, 9.17) is 0 Å². The molecule has 0 aromatic heterocycles. The molecule has 36 heavy (non-hydrogen) atoms. The number of benzene rings is 4. The van der Waals surface area contributed by atoms with Gasteiger partial charge in [-0.25, -0.2) is 0 Å². The molecule has 0 fully saturated rings. The zero-order valence-electron chi connectivity index (χ0n) is 21.7. The van der Waals surface area contributed by atoms with Crippen LogP contribution in [0.3, 0.4) is 0 Å². The number of halogens is 2. The third-order valence-electron chi connectivity index (χ3n) is 7.61. The lowest BCUT2D eigenvalue weighted by Gasteiger charge is -2.35. The Morgan fingerprint density at radius 1 is 0.583 bits per heavy atom. The van der Waals surface area contributed by atoms with Crippen molar-refractivity contribution >= 4 is 31.9 Å². The molecule has 0 unspecified atom stereocenters. The lowest BCUT2D eigenvalue weighted by molar-refractivity contribution is 0.665. The number of unbranched alkanes of at least 4 members (excludes halogenated alkanes) is 3. The van der Waals surface area contributed by atoms with Crippen LogP contribution in [0.25, 0.3) is 11.1 Å². The average molecular weight is 602 g/mol. The van der Waals surface area contributed by atoms with Gasteiger partial charge in [0.1, 0.15) is 0 Å². The van der Waals surface area contributed by atoms with Crippen LogP contribution in [0, 0.1) is 20.8 Å². The van der Waals surface area contributed by atoms with E-state index >= 15 is 0 Å². The van der Waals surface area contributed by atoms with Crippen LogP contribution in [-0.4, -0.2) is 0 Å². The Bertz CT molecular complexity index is 1360. The molecule has 0 amide bonds. The maximum absolute atomic E-state index is 3.82. The van der Waals surface area contributed by atoms with Crippen LogP contribution in [0.2, 0.25) is 0 Å². The van der Waals surface area contributed by atoms with Crippen LogP contribution >= 0.6 is 31.9 Å². The zero-order chi connectivity index (χ0) is 25.4. The standard InChI is InChI=1S/C34H34Br2/c1-5-6-7-8-9-25-15-24(4)18-27(19-25)34(26-16-22(2)14-23(3)17-26)32-20-28(35)10-12-30(32)31-13-11-29(36)21-33(31)34/h10-21H,5-9H2,1-4H3. The quantitative estimate of drug-likeness (QED) is 0.163. The summed E-state index contributed by atoms with van der Waals surface area (Å²) >= 11 is 7.64. The van der Waals surface area contributed by atoms with E-state index in [9.17, 15) is 0 Å². The number of rotatable bonds is 7. The van der Waals surface area contributed by atoms with E-state index in [0.717, 1.165) is 15.4 Å². The van der Waals surface area contributed by atoms with Crippen molar-refractivity contribution in [1.29, 1.82) is 0 Å². The van der Waals surface area contributed by atoms with Crippen molar-refractivity contribution < 1.29 is 0 Å². The van der Waals surface area contributed by atoms with Crippen LogP contribution in [0.1, 0.15) is 77.1 Å². The molecule has 4 aromatic carbocycles. The first-order valence-corrected chi connectivity index (χ1v) is 14.7. The Morgan fingerprint density at radius 2 is 1.11 bits per heavy atom. The Hall–Kier alpha value is -2.16. The first-order chi connectivity index (χ1) is 17.3. The van der Waals surface area contributed by atoms with E-state index in [2.05, 4.69) is 132 Å². The summed E-state index contributed by atoms with van der Waals surface area (Å²) in [5, 5.41) is 0. The predicted octanol–water partition coefficient (Wildman–Crippen LogP) is 10.6. The van der Waals surface area contributed by atoms with Gasteiger partial charge in [0, 0.05) is 8.95 Å². The fraction of sp³-hybridized carbons (Fsp3) is 0.294. The van der Waals surface area contributed by atoms with Crippen molar-refractivity contribution in [2.24, 2.45) is 0 Å². The average Bonchev–Trinajstić information content (AvgIpc) is 3.10. The summed E-state index contributed by atoms with van der Waals surface area (Å²) in [5.74, 6) is 0. The summed E-state index contributed by atoms with van der Waals surface area (Å²) in [5.41, 5.74) is 13.1. The van der Waals surface area contributed by atoms with Gasteiger partial charge >= 0.3 is 0 Å². The molecule has 0 heterocycles. The topological polar surface area (TPSA) is 0 Å². The first-order valence-electron chi connectivity index (χ1n) is 13.1. The van der Waals surface area contributed by atoms with Crippen molar-refractivity contribution in [2.75, 3.05) is 0 Å². The predicted molar refractivity (Wildman–Crippen MR) is 161 cm³/mol. The Kier molecular flexibility index (Phi) is 7.30. The van der Waals surface area contributed by atoms with Crippen LogP contribution in [0.15, 0.2) is 81.7 Å². The highest BCUT2D eigenvalue weighted by Gasteiger charge is 2.46. The monoisotopic (exact) mass is 600 g/mol. The van der Waals surface area contributed by atoms with Crippen molar-refractivity contribution in [3.05, 3.63) is 126 Å². The second kappa shape index (κ2) is 10.3. The third kappa shape index (κ3) is 4.52. The van der Waals surface area contributed by atoms with Gasteiger partial charge in [0.2, 0.25) is 0 Å². The maximum atomic E-state index is 3.82. The molecule has 0 saturated heterocycles. The zero-order valence-corrected chi connectivity index (χ0v) is 24.9. The molecular weight excluding hydrogens is 568 g/mol. The molecule has 0 spiro atoms. The van der Waals surface area contributed by atoms with Crippen LogP contribution < -0.4 is 0 Å². The summed E-state index contributed by atoms with van der Waals surface area (Å²) in [6.07, 6.45) is 6.26. The SMILES string of the molecule is CCCCCCc1cc(C)cc(C2(c3cc(C)cc(C)c3)c3cc(Br)ccc3-c3ccc(Br)cc32)c1. The molecule has 0 radical (unpaired) electrons. The Labute approximate surface area is 233 Å². The van der Waals surface area contributed by atoms with E-state index in [1.807, 2.05) is 0 Å². The van der Waals surface area contributed by atoms with Crippen LogP contribution in [0.5, 0.6) is 0 Å². The third-order valence-corrected chi connectivity index (χ3v) is 8.59. The fourth-order valence-electron chi connectivity index (χ4n) is 6.23. The highest BCUT2D eigenvalue weighted by Crippen LogP contribution is 2.57. The van der Waals surface area contributed by atoms with Gasteiger partial charge in [0.05, 0.1) is 5.41 Å². The van der Waals surface area contributed by atoms with Gasteiger partial charge in [0.25, 0.3) is 0 Å². The minimum Gasteiger partial charge on any atom is -0.0654 e. The van der Waals surface area contributed by atoms with Crippen LogP contribution in [-0.2, 0) is 11.8 Å². The molecule has 1 aliphatic rings. The molecule has 0 atom stereocenters. The molecule has 0 N–H and O–H groups in total. The lowest BCUT2D eigenvalue weighted by atomic mass is 9.66. The van der Waals surface area contributed by atoms with E-state index in [1.54, 1.807) is 0 Å². The molecule has 0 bridgehead atoms. The van der Waals surface area contributed by atoms with Crippen molar-refractivity contribution in [2.45, 2.75) is 65.2 Å². The van der Waals surface area contributed by atoms with E-state index < -0.39 is 0 Å². The highest BCUT2D eigenvalue weighted by atomic mass is 79.9. The van der Waals surface area contributed by atoms with Crippen molar-refractivity contribution in [3.63, 3.8) is 0 Å². The molecule has 0 saturated carbocycles. The molecule has 4 aromatic rings. The van der Waals surface area contributed by atoms with E-state index in [1.165, 1.54) is 81.3 Å². The summed E-state index contributed by atoms with van der Waals surface area (Å²) in [6.45, 7) is 8.98. The molecule has 0 nitrogen and oxygen atoms in total. The first kappa shape index (κ1) is 25.5. The number of hydrogen-bond donors (Lipinski definition) is 0. The fourth-order valence-corrected chi connectivity index (χ4v) is 6.95. The van der Waals surface area contributed by atoms with E-state index in [-0.39, 0.29) is 5.41 Å². The molecule has 1 aliphatic carbocycles. The minimum absolute atomic E-state index is 0.376. The number of aryl methyl sites for hydroxylation is 4. The molecule has 2 heteroatoms. The number of hydrogen-bond acceptors (Lipinski definition) is 0. The highest BCUT2D eigenvalue weighted by molar-refractivity contribution is 9.10. The van der Waals surface area contributed by atoms with Crippen molar-refractivity contribution in [1.82, 2.24) is 0 Å². The summed E-state index contributed by atoms with van der Waals surface area (Å²) in [6, 6.07) is 28.0. The normalized spacial score (nSPS) is 13.5. The van der Waals surface area contributed by atoms with Gasteiger partial charge in [-0.05, 0) is 96.8 Å². The minimum atomic E-state index is -0.376. The van der Waals surface area contributed by atoms with Gasteiger partial charge in [-0.3, -0.25) is 0 Å². The molecule has 0 aliphatic heterocycles. The Morgan fingerprint density at radius 3 is 1.67 bits per heavy atom. The molecule has 5 rings (SSSR count). The number of fused-ring (bicyclic) bond motifs is 3. The summed E-state index contributed by atoms with van der Waals surface area (Å²) < 4.78 is 2.24. The van der Waals surface area contributed by atoms with E-state index in [0.29, 0.717) is 0 Å². The molecular formula is C34H34Br2. The molecule has 184 valence electrons. The largest absolute Gasteiger partial charge is 0.0714 e. The Balaban J connectivity index is 1.84. The van der Waals surface area contributed by atoms with Gasteiger partial charge in [0.15, 0.2) is 0 Å². The van der Waals surface area contributed by atoms with Gasteiger partial charge in [-0.1, -0.05) is 123 Å². The second-order valence-corrected chi connectivity index (χ2v) is 12.4. The summed E-state index contributed by atoms with van der Waals surface area (Å²) in [7, 11) is 0. The van der Waals surface area contributed by atoms with Gasteiger partial charge in [-0.15, -0.1) is 0 Å². The lowest BCUT2D eigenvalue weighted by Crippen LogP contribution is -2.29. The van der Waals surface area contributed by atoms with Gasteiger partial charge in [-0.2, -0.15) is 0 Å². The smallest absolute Gasteiger partial charge is 0.0654 e. The maximum Gasteiger partial charge on any atom is 0.0714 e. The van der Waals surface area contributed by atoms with Crippen molar-refractivity contribution in [3.8, 4) is 11.1 Å². The second-order valence-electron chi connectivity index (χ2n) is 10.5. The van der Waals surface area contributed by atoms with Gasteiger partial charge < -0.3 is 0 Å². The summed E-state index contributed by atoms with van der Waals surface area (Å²) in [4.78, 5) is 0.